The van der Waals surface area contributed by atoms with Crippen molar-refractivity contribution in [1.29, 1.82) is 0 Å². The molecular formula is C15H20N2O. The predicted molar refractivity (Wildman–Crippen MR) is 73.9 cm³/mol. The van der Waals surface area contributed by atoms with E-state index in [1.165, 1.54) is 5.56 Å². The summed E-state index contributed by atoms with van der Waals surface area (Å²) in [5.74, 6) is 0.917. The van der Waals surface area contributed by atoms with Crippen LogP contribution < -0.4 is 4.74 Å². The Morgan fingerprint density at radius 1 is 1.22 bits per heavy atom. The Morgan fingerprint density at radius 3 is 2.72 bits per heavy atom. The molecule has 3 heteroatoms. The molecule has 0 aliphatic carbocycles. The number of aromatic nitrogens is 2. The van der Waals surface area contributed by atoms with Crippen LogP contribution in [0.25, 0.3) is 11.3 Å². The zero-order valence-electron chi connectivity index (χ0n) is 11.3. The first-order valence-corrected chi connectivity index (χ1v) is 6.46. The van der Waals surface area contributed by atoms with Gasteiger partial charge in [0.05, 0.1) is 12.3 Å². The number of nitrogens with zero attached hydrogens (tertiary/aromatic N) is 1. The molecule has 0 fully saturated rings. The number of H-pyrrole nitrogens is 1. The Labute approximate surface area is 108 Å². The van der Waals surface area contributed by atoms with Crippen molar-refractivity contribution in [1.82, 2.24) is 10.2 Å². The Hall–Kier alpha value is -1.77. The summed E-state index contributed by atoms with van der Waals surface area (Å²) in [5.41, 5.74) is 4.29. The third kappa shape index (κ3) is 2.92. The first kappa shape index (κ1) is 12.7. The van der Waals surface area contributed by atoms with E-state index in [0.29, 0.717) is 0 Å². The minimum Gasteiger partial charge on any atom is -0.493 e. The fraction of sp³-hybridized carbons (Fsp3) is 0.400. The Kier molecular flexibility index (Phi) is 4.03. The van der Waals surface area contributed by atoms with Crippen LogP contribution in [-0.4, -0.2) is 16.8 Å². The number of rotatable bonds is 5. The van der Waals surface area contributed by atoms with Gasteiger partial charge < -0.3 is 4.74 Å². The zero-order chi connectivity index (χ0) is 13.0. The van der Waals surface area contributed by atoms with E-state index in [9.17, 15) is 0 Å². The lowest BCUT2D eigenvalue weighted by Gasteiger charge is -2.10. The SMILES string of the molecule is CCCCOc1ccc(C)cc1-c1cc(C)[nH]n1. The van der Waals surface area contributed by atoms with Crippen LogP contribution in [0.15, 0.2) is 24.3 Å². The quantitative estimate of drug-likeness (QED) is 0.811. The molecule has 0 aliphatic rings. The highest BCUT2D eigenvalue weighted by Crippen LogP contribution is 2.30. The normalized spacial score (nSPS) is 10.6. The van der Waals surface area contributed by atoms with Crippen molar-refractivity contribution in [3.05, 3.63) is 35.5 Å². The molecular weight excluding hydrogens is 224 g/mol. The molecule has 0 amide bonds. The second-order valence-electron chi connectivity index (χ2n) is 4.64. The third-order valence-corrected chi connectivity index (χ3v) is 2.87. The molecule has 3 nitrogen and oxygen atoms in total. The standard InChI is InChI=1S/C15H20N2O/c1-4-5-8-18-15-7-6-11(2)9-13(15)14-10-12(3)16-17-14/h6-7,9-10H,4-5,8H2,1-3H3,(H,16,17). The van der Waals surface area contributed by atoms with E-state index in [4.69, 9.17) is 4.74 Å². The van der Waals surface area contributed by atoms with E-state index < -0.39 is 0 Å². The fourth-order valence-corrected chi connectivity index (χ4v) is 1.85. The van der Waals surface area contributed by atoms with E-state index in [1.807, 2.05) is 19.1 Å². The molecule has 18 heavy (non-hydrogen) atoms. The number of aryl methyl sites for hydroxylation is 2. The summed E-state index contributed by atoms with van der Waals surface area (Å²) in [7, 11) is 0. The minimum absolute atomic E-state index is 0.760. The van der Waals surface area contributed by atoms with E-state index in [0.717, 1.165) is 42.1 Å². The van der Waals surface area contributed by atoms with Crippen LogP contribution in [0.5, 0.6) is 5.75 Å². The molecule has 0 atom stereocenters. The summed E-state index contributed by atoms with van der Waals surface area (Å²) in [6.07, 6.45) is 2.22. The summed E-state index contributed by atoms with van der Waals surface area (Å²) in [6.45, 7) is 7.01. The van der Waals surface area contributed by atoms with Gasteiger partial charge in [-0.25, -0.2) is 0 Å². The lowest BCUT2D eigenvalue weighted by molar-refractivity contribution is 0.310. The van der Waals surface area contributed by atoms with Crippen LogP contribution in [0, 0.1) is 13.8 Å². The highest BCUT2D eigenvalue weighted by atomic mass is 16.5. The summed E-state index contributed by atoms with van der Waals surface area (Å²) < 4.78 is 5.84. The number of unbranched alkanes of at least 4 members (excludes halogenated alkanes) is 1. The Balaban J connectivity index is 2.29. The van der Waals surface area contributed by atoms with Crippen molar-refractivity contribution >= 4 is 0 Å². The second-order valence-corrected chi connectivity index (χ2v) is 4.64. The van der Waals surface area contributed by atoms with Gasteiger partial charge in [-0.05, 0) is 38.5 Å². The van der Waals surface area contributed by atoms with Gasteiger partial charge >= 0.3 is 0 Å². The first-order valence-electron chi connectivity index (χ1n) is 6.46. The van der Waals surface area contributed by atoms with E-state index in [1.54, 1.807) is 0 Å². The average Bonchev–Trinajstić information content (AvgIpc) is 2.78. The number of aromatic amines is 1. The van der Waals surface area contributed by atoms with Crippen molar-refractivity contribution in [2.75, 3.05) is 6.61 Å². The van der Waals surface area contributed by atoms with Gasteiger partial charge in [0.25, 0.3) is 0 Å². The van der Waals surface area contributed by atoms with Gasteiger partial charge in [0.2, 0.25) is 0 Å². The number of ether oxygens (including phenoxy) is 1. The molecule has 96 valence electrons. The molecule has 0 spiro atoms. The zero-order valence-corrected chi connectivity index (χ0v) is 11.3. The molecule has 1 aromatic heterocycles. The molecule has 1 heterocycles. The van der Waals surface area contributed by atoms with Crippen LogP contribution in [0.3, 0.4) is 0 Å². The summed E-state index contributed by atoms with van der Waals surface area (Å²) in [6, 6.07) is 8.27. The maximum absolute atomic E-state index is 5.84. The molecule has 0 bridgehead atoms. The van der Waals surface area contributed by atoms with Crippen LogP contribution in [0.2, 0.25) is 0 Å². The third-order valence-electron chi connectivity index (χ3n) is 2.87. The molecule has 0 unspecified atom stereocenters. The van der Waals surface area contributed by atoms with Crippen molar-refractivity contribution in [3.8, 4) is 17.0 Å². The molecule has 1 aromatic carbocycles. The number of hydrogen-bond donors (Lipinski definition) is 1. The lowest BCUT2D eigenvalue weighted by atomic mass is 10.1. The lowest BCUT2D eigenvalue weighted by Crippen LogP contribution is -1.98. The maximum atomic E-state index is 5.84. The van der Waals surface area contributed by atoms with Gasteiger partial charge in [-0.1, -0.05) is 25.0 Å². The Morgan fingerprint density at radius 2 is 2.06 bits per heavy atom. The second kappa shape index (κ2) is 5.71. The molecule has 1 N–H and O–H groups in total. The predicted octanol–water partition coefficient (Wildman–Crippen LogP) is 3.87. The fourth-order valence-electron chi connectivity index (χ4n) is 1.85. The van der Waals surface area contributed by atoms with E-state index in [-0.39, 0.29) is 0 Å². The van der Waals surface area contributed by atoms with Crippen molar-refractivity contribution in [2.45, 2.75) is 33.6 Å². The van der Waals surface area contributed by atoms with Gasteiger partial charge in [0, 0.05) is 11.3 Å². The minimum atomic E-state index is 0.760. The highest BCUT2D eigenvalue weighted by molar-refractivity contribution is 5.68. The van der Waals surface area contributed by atoms with Gasteiger partial charge in [-0.2, -0.15) is 5.10 Å². The smallest absolute Gasteiger partial charge is 0.128 e. The summed E-state index contributed by atoms with van der Waals surface area (Å²) in [4.78, 5) is 0. The van der Waals surface area contributed by atoms with E-state index in [2.05, 4.69) is 36.2 Å². The molecule has 0 saturated carbocycles. The average molecular weight is 244 g/mol. The number of nitrogens with one attached hydrogen (secondary N) is 1. The molecule has 0 aliphatic heterocycles. The topological polar surface area (TPSA) is 37.9 Å². The molecule has 0 radical (unpaired) electrons. The van der Waals surface area contributed by atoms with Crippen molar-refractivity contribution in [3.63, 3.8) is 0 Å². The number of hydrogen-bond acceptors (Lipinski definition) is 2. The summed E-state index contributed by atoms with van der Waals surface area (Å²) in [5, 5.41) is 7.29. The highest BCUT2D eigenvalue weighted by Gasteiger charge is 2.09. The van der Waals surface area contributed by atoms with Crippen molar-refractivity contribution in [2.24, 2.45) is 0 Å². The van der Waals surface area contributed by atoms with Crippen molar-refractivity contribution < 1.29 is 4.74 Å². The van der Waals surface area contributed by atoms with E-state index >= 15 is 0 Å². The molecule has 0 saturated heterocycles. The number of benzene rings is 1. The van der Waals surface area contributed by atoms with Gasteiger partial charge in [0.1, 0.15) is 5.75 Å². The van der Waals surface area contributed by atoms with Crippen LogP contribution in [0.1, 0.15) is 31.0 Å². The maximum Gasteiger partial charge on any atom is 0.128 e. The van der Waals surface area contributed by atoms with Gasteiger partial charge in [-0.3, -0.25) is 5.10 Å². The van der Waals surface area contributed by atoms with Crippen LogP contribution >= 0.6 is 0 Å². The molecule has 2 aromatic rings. The van der Waals surface area contributed by atoms with Crippen LogP contribution in [0.4, 0.5) is 0 Å². The summed E-state index contributed by atoms with van der Waals surface area (Å²) >= 11 is 0. The van der Waals surface area contributed by atoms with Gasteiger partial charge in [0.15, 0.2) is 0 Å². The Bertz CT molecular complexity index is 517. The largest absolute Gasteiger partial charge is 0.493 e. The van der Waals surface area contributed by atoms with Crippen LogP contribution in [-0.2, 0) is 0 Å². The molecule has 2 rings (SSSR count). The van der Waals surface area contributed by atoms with Gasteiger partial charge in [-0.15, -0.1) is 0 Å². The first-order chi connectivity index (χ1) is 8.70. The monoisotopic (exact) mass is 244 g/mol.